The van der Waals surface area contributed by atoms with E-state index in [-0.39, 0.29) is 12.1 Å². The highest BCUT2D eigenvalue weighted by molar-refractivity contribution is 7.09. The smallest absolute Gasteiger partial charge is 0.0798 e. The van der Waals surface area contributed by atoms with E-state index in [0.29, 0.717) is 0 Å². The number of halogens is 1. The molecule has 114 valence electrons. The number of rotatable bonds is 6. The number of hydrogen-bond donors (Lipinski definition) is 1. The number of hydrogen-bond acceptors (Lipinski definition) is 4. The SMILES string of the molecule is CCC(N)C(c1ccc(Cl)cc1)N(C)Cc1scnc1C. The lowest BCUT2D eigenvalue weighted by Crippen LogP contribution is -2.38. The molecule has 21 heavy (non-hydrogen) atoms. The molecule has 1 aromatic carbocycles. The second kappa shape index (κ2) is 7.36. The Bertz CT molecular complexity index is 567. The first-order valence-electron chi connectivity index (χ1n) is 7.13. The summed E-state index contributed by atoms with van der Waals surface area (Å²) in [5.74, 6) is 0. The lowest BCUT2D eigenvalue weighted by molar-refractivity contribution is 0.203. The van der Waals surface area contributed by atoms with Crippen LogP contribution >= 0.6 is 22.9 Å². The summed E-state index contributed by atoms with van der Waals surface area (Å²) in [7, 11) is 2.12. The maximum atomic E-state index is 6.37. The van der Waals surface area contributed by atoms with Crippen molar-refractivity contribution in [2.75, 3.05) is 7.05 Å². The Hall–Kier alpha value is -0.940. The molecule has 0 spiro atoms. The van der Waals surface area contributed by atoms with Crippen molar-refractivity contribution in [2.45, 2.75) is 38.9 Å². The van der Waals surface area contributed by atoms with Gasteiger partial charge in [0.25, 0.3) is 0 Å². The summed E-state index contributed by atoms with van der Waals surface area (Å²) >= 11 is 7.69. The molecule has 0 bridgehead atoms. The topological polar surface area (TPSA) is 42.1 Å². The van der Waals surface area contributed by atoms with Crippen molar-refractivity contribution in [2.24, 2.45) is 5.73 Å². The minimum absolute atomic E-state index is 0.0874. The number of aryl methyl sites for hydroxylation is 1. The van der Waals surface area contributed by atoms with E-state index in [9.17, 15) is 0 Å². The van der Waals surface area contributed by atoms with Crippen LogP contribution in [0.2, 0.25) is 5.02 Å². The van der Waals surface area contributed by atoms with E-state index in [1.54, 1.807) is 11.3 Å². The Morgan fingerprint density at radius 2 is 2.00 bits per heavy atom. The van der Waals surface area contributed by atoms with Crippen molar-refractivity contribution in [3.63, 3.8) is 0 Å². The molecule has 2 N–H and O–H groups in total. The van der Waals surface area contributed by atoms with Crippen LogP contribution in [0.5, 0.6) is 0 Å². The number of nitrogens with zero attached hydrogens (tertiary/aromatic N) is 2. The molecule has 0 aliphatic rings. The van der Waals surface area contributed by atoms with Gasteiger partial charge in [0.15, 0.2) is 0 Å². The lowest BCUT2D eigenvalue weighted by Gasteiger charge is -2.32. The van der Waals surface area contributed by atoms with Crippen molar-refractivity contribution in [1.82, 2.24) is 9.88 Å². The van der Waals surface area contributed by atoms with Gasteiger partial charge in [0.1, 0.15) is 0 Å². The molecule has 0 radical (unpaired) electrons. The van der Waals surface area contributed by atoms with Crippen molar-refractivity contribution in [1.29, 1.82) is 0 Å². The molecular weight excluding hydrogens is 302 g/mol. The number of benzene rings is 1. The van der Waals surface area contributed by atoms with Crippen LogP contribution in [-0.2, 0) is 6.54 Å². The second-order valence-electron chi connectivity index (χ2n) is 5.34. The Labute approximate surface area is 135 Å². The van der Waals surface area contributed by atoms with Crippen LogP contribution in [-0.4, -0.2) is 23.0 Å². The lowest BCUT2D eigenvalue weighted by atomic mass is 9.96. The summed E-state index contributed by atoms with van der Waals surface area (Å²) in [6, 6.07) is 8.26. The Kier molecular flexibility index (Phi) is 5.76. The first-order valence-corrected chi connectivity index (χ1v) is 8.39. The molecular formula is C16H22ClN3S. The monoisotopic (exact) mass is 323 g/mol. The van der Waals surface area contributed by atoms with Gasteiger partial charge in [-0.1, -0.05) is 30.7 Å². The average Bonchev–Trinajstić information content (AvgIpc) is 2.86. The molecule has 2 aromatic rings. The minimum Gasteiger partial charge on any atom is -0.326 e. The van der Waals surface area contributed by atoms with Crippen LogP contribution in [0.3, 0.4) is 0 Å². The first-order chi connectivity index (χ1) is 10.0. The molecule has 0 saturated heterocycles. The van der Waals surface area contributed by atoms with E-state index >= 15 is 0 Å². The van der Waals surface area contributed by atoms with Gasteiger partial charge in [-0.2, -0.15) is 0 Å². The van der Waals surface area contributed by atoms with Crippen LogP contribution in [0.15, 0.2) is 29.8 Å². The van der Waals surface area contributed by atoms with Gasteiger partial charge >= 0.3 is 0 Å². The average molecular weight is 324 g/mol. The summed E-state index contributed by atoms with van der Waals surface area (Å²) in [5.41, 5.74) is 10.6. The van der Waals surface area contributed by atoms with Crippen molar-refractivity contribution in [3.8, 4) is 0 Å². The molecule has 0 fully saturated rings. The zero-order valence-electron chi connectivity index (χ0n) is 12.7. The standard InChI is InChI=1S/C16H22ClN3S/c1-4-14(18)16(12-5-7-13(17)8-6-12)20(3)9-15-11(2)19-10-21-15/h5-8,10,14,16H,4,9,18H2,1-3H3. The Morgan fingerprint density at radius 3 is 2.52 bits per heavy atom. The third kappa shape index (κ3) is 4.04. The normalized spacial score (nSPS) is 14.4. The Morgan fingerprint density at radius 1 is 1.33 bits per heavy atom. The fraction of sp³-hybridized carbons (Fsp3) is 0.438. The van der Waals surface area contributed by atoms with E-state index in [2.05, 4.69) is 42.9 Å². The van der Waals surface area contributed by atoms with E-state index in [1.807, 2.05) is 17.6 Å². The molecule has 2 atom stereocenters. The highest BCUT2D eigenvalue weighted by atomic mass is 35.5. The second-order valence-corrected chi connectivity index (χ2v) is 6.72. The van der Waals surface area contributed by atoms with Crippen LogP contribution in [0.1, 0.15) is 35.5 Å². The summed E-state index contributed by atoms with van der Waals surface area (Å²) < 4.78 is 0. The molecule has 1 aromatic heterocycles. The van der Waals surface area contributed by atoms with Gasteiger partial charge in [-0.25, -0.2) is 4.98 Å². The number of likely N-dealkylation sites (N-methyl/N-ethyl adjacent to an activating group) is 1. The summed E-state index contributed by atoms with van der Waals surface area (Å²) in [4.78, 5) is 7.92. The molecule has 5 heteroatoms. The maximum Gasteiger partial charge on any atom is 0.0798 e. The van der Waals surface area contributed by atoms with Gasteiger partial charge in [0.05, 0.1) is 11.2 Å². The fourth-order valence-corrected chi connectivity index (χ4v) is 3.48. The third-order valence-corrected chi connectivity index (χ3v) is 4.97. The van der Waals surface area contributed by atoms with Gasteiger partial charge in [-0.05, 0) is 38.1 Å². The molecule has 3 nitrogen and oxygen atoms in total. The van der Waals surface area contributed by atoms with Crippen LogP contribution in [0, 0.1) is 6.92 Å². The Balaban J connectivity index is 2.23. The molecule has 1 heterocycles. The predicted octanol–water partition coefficient (Wildman–Crippen LogP) is 4.02. The third-order valence-electron chi connectivity index (χ3n) is 3.80. The van der Waals surface area contributed by atoms with Crippen LogP contribution in [0.25, 0.3) is 0 Å². The number of thiazole rings is 1. The largest absolute Gasteiger partial charge is 0.326 e. The van der Waals surface area contributed by atoms with Crippen molar-refractivity contribution < 1.29 is 0 Å². The quantitative estimate of drug-likeness (QED) is 0.873. The fourth-order valence-electron chi connectivity index (χ4n) is 2.51. The maximum absolute atomic E-state index is 6.37. The molecule has 0 aliphatic heterocycles. The molecule has 0 amide bonds. The zero-order valence-corrected chi connectivity index (χ0v) is 14.3. The van der Waals surface area contributed by atoms with Crippen molar-refractivity contribution in [3.05, 3.63) is 50.9 Å². The number of aromatic nitrogens is 1. The van der Waals surface area contributed by atoms with E-state index in [1.165, 1.54) is 10.4 Å². The van der Waals surface area contributed by atoms with Crippen molar-refractivity contribution >= 4 is 22.9 Å². The summed E-state index contributed by atoms with van der Waals surface area (Å²) in [5, 5.41) is 0.753. The molecule has 2 unspecified atom stereocenters. The van der Waals surface area contributed by atoms with Gasteiger partial charge in [-0.3, -0.25) is 4.90 Å². The summed E-state index contributed by atoms with van der Waals surface area (Å²) in [6.07, 6.45) is 0.930. The van der Waals surface area contributed by atoms with Gasteiger partial charge < -0.3 is 5.73 Å². The molecule has 2 rings (SSSR count). The van der Waals surface area contributed by atoms with Crippen LogP contribution in [0.4, 0.5) is 0 Å². The van der Waals surface area contributed by atoms with Gasteiger partial charge in [0.2, 0.25) is 0 Å². The molecule has 0 saturated carbocycles. The molecule has 0 aliphatic carbocycles. The van der Waals surface area contributed by atoms with E-state index in [0.717, 1.165) is 23.7 Å². The number of nitrogens with two attached hydrogens (primary N) is 1. The predicted molar refractivity (Wildman–Crippen MR) is 90.8 cm³/mol. The summed E-state index contributed by atoms with van der Waals surface area (Å²) in [6.45, 7) is 5.04. The highest BCUT2D eigenvalue weighted by Crippen LogP contribution is 2.28. The van der Waals surface area contributed by atoms with Gasteiger partial charge in [-0.15, -0.1) is 11.3 Å². The van der Waals surface area contributed by atoms with E-state index < -0.39 is 0 Å². The van der Waals surface area contributed by atoms with Crippen LogP contribution < -0.4 is 5.73 Å². The zero-order chi connectivity index (χ0) is 15.4. The highest BCUT2D eigenvalue weighted by Gasteiger charge is 2.24. The minimum atomic E-state index is 0.0874. The van der Waals surface area contributed by atoms with E-state index in [4.69, 9.17) is 17.3 Å². The van der Waals surface area contributed by atoms with Gasteiger partial charge in [0, 0.05) is 28.5 Å². The first kappa shape index (κ1) is 16.4.